The van der Waals surface area contributed by atoms with Crippen molar-refractivity contribution in [3.05, 3.63) is 0 Å². The Kier molecular flexibility index (Phi) is 7.29. The minimum absolute atomic E-state index is 1.07. The van der Waals surface area contributed by atoms with Gasteiger partial charge in [-0.05, 0) is 17.4 Å². The molecule has 44 valence electrons. The Balaban J connectivity index is 2.45. The van der Waals surface area contributed by atoms with E-state index in [2.05, 4.69) is 23.3 Å². The van der Waals surface area contributed by atoms with Crippen LogP contribution in [0.1, 0.15) is 19.8 Å². The number of hydrogen-bond donors (Lipinski definition) is 2. The summed E-state index contributed by atoms with van der Waals surface area (Å²) in [6.45, 7) is 3.25. The second kappa shape index (κ2) is 6.66. The zero-order chi connectivity index (χ0) is 5.54. The molecule has 0 saturated carbocycles. The molecule has 0 atom stereocenters. The summed E-state index contributed by atoms with van der Waals surface area (Å²) in [7, 11) is 1.39. The van der Waals surface area contributed by atoms with Crippen LogP contribution in [0.25, 0.3) is 0 Å². The molecule has 0 fully saturated rings. The quantitative estimate of drug-likeness (QED) is 0.265. The van der Waals surface area contributed by atoms with E-state index in [1.807, 2.05) is 0 Å². The molecule has 0 saturated heterocycles. The molecule has 0 amide bonds. The largest absolute Gasteiger partial charge is 0.255 e. The van der Waals surface area contributed by atoms with Gasteiger partial charge in [0.15, 0.2) is 0 Å². The predicted octanol–water partition coefficient (Wildman–Crippen LogP) is 1.87. The fraction of sp³-hybridized carbons (Fsp3) is 1.00. The lowest BCUT2D eigenvalue weighted by atomic mass is 10.3. The molecule has 1 N–H and O–H groups in total. The van der Waals surface area contributed by atoms with Crippen LogP contribution in [0.5, 0.6) is 0 Å². The van der Waals surface area contributed by atoms with Gasteiger partial charge in [0.1, 0.15) is 0 Å². The monoisotopic (exact) mass is 137 g/mol. The van der Waals surface area contributed by atoms with Gasteiger partial charge >= 0.3 is 0 Å². The third-order valence-corrected chi connectivity index (χ3v) is 1.42. The first-order valence-electron chi connectivity index (χ1n) is 2.45. The Labute approximate surface area is 54.2 Å². The number of nitrogens with one attached hydrogen (secondary N) is 1. The van der Waals surface area contributed by atoms with E-state index >= 15 is 0 Å². The molecule has 0 aromatic heterocycles. The van der Waals surface area contributed by atoms with Gasteiger partial charge in [0, 0.05) is 6.54 Å². The number of unbranched alkanes of at least 4 members (excludes halogenated alkanes) is 1. The average molecular weight is 137 g/mol. The highest BCUT2D eigenvalue weighted by molar-refractivity contribution is 8.67. The summed E-state index contributed by atoms with van der Waals surface area (Å²) in [4.78, 5) is 0. The van der Waals surface area contributed by atoms with Gasteiger partial charge in [0.2, 0.25) is 0 Å². The van der Waals surface area contributed by atoms with Gasteiger partial charge in [-0.15, -0.1) is 0 Å². The first kappa shape index (κ1) is 7.66. The summed E-state index contributed by atoms with van der Waals surface area (Å²) in [5.41, 5.74) is 0. The molecule has 3 heteroatoms. The standard InChI is InChI=1S/C4H11NS2/c1-2-3-4-5-7-6/h5-6H,2-4H2,1H3. The molecule has 0 bridgehead atoms. The third-order valence-electron chi connectivity index (χ3n) is 0.697. The summed E-state index contributed by atoms with van der Waals surface area (Å²) >= 11 is 3.90. The van der Waals surface area contributed by atoms with Gasteiger partial charge in [-0.3, -0.25) is 4.72 Å². The molecule has 0 aliphatic heterocycles. The van der Waals surface area contributed by atoms with Gasteiger partial charge in [-0.1, -0.05) is 25.0 Å². The highest BCUT2D eigenvalue weighted by atomic mass is 33.1. The van der Waals surface area contributed by atoms with E-state index in [4.69, 9.17) is 0 Å². The van der Waals surface area contributed by atoms with E-state index in [1.165, 1.54) is 23.8 Å². The fourth-order valence-corrected chi connectivity index (χ4v) is 0.804. The molecule has 0 radical (unpaired) electrons. The molecular formula is C4H11NS2. The van der Waals surface area contributed by atoms with E-state index in [0.29, 0.717) is 0 Å². The van der Waals surface area contributed by atoms with Crippen molar-refractivity contribution in [3.63, 3.8) is 0 Å². The van der Waals surface area contributed by atoms with Crippen molar-refractivity contribution in [2.24, 2.45) is 0 Å². The first-order valence-corrected chi connectivity index (χ1v) is 4.32. The van der Waals surface area contributed by atoms with Crippen molar-refractivity contribution in [2.75, 3.05) is 6.54 Å². The van der Waals surface area contributed by atoms with Crippen LogP contribution in [0.2, 0.25) is 0 Å². The van der Waals surface area contributed by atoms with Crippen LogP contribution in [0, 0.1) is 0 Å². The Morgan fingerprint density at radius 1 is 1.71 bits per heavy atom. The number of thiol groups is 1. The molecule has 7 heavy (non-hydrogen) atoms. The summed E-state index contributed by atoms with van der Waals surface area (Å²) < 4.78 is 3.03. The lowest BCUT2D eigenvalue weighted by Gasteiger charge is -1.93. The summed E-state index contributed by atoms with van der Waals surface area (Å²) in [5, 5.41) is 0. The van der Waals surface area contributed by atoms with Crippen molar-refractivity contribution >= 4 is 22.6 Å². The Hall–Kier alpha value is 0.660. The first-order chi connectivity index (χ1) is 3.41. The van der Waals surface area contributed by atoms with Crippen LogP contribution in [0.15, 0.2) is 0 Å². The molecule has 0 heterocycles. The Morgan fingerprint density at radius 3 is 2.86 bits per heavy atom. The molecule has 0 aromatic rings. The maximum absolute atomic E-state index is 3.90. The molecule has 0 aliphatic carbocycles. The number of rotatable bonds is 4. The fourth-order valence-electron chi connectivity index (χ4n) is 0.295. The molecule has 0 spiro atoms. The van der Waals surface area contributed by atoms with E-state index in [0.717, 1.165) is 6.54 Å². The second-order valence-corrected chi connectivity index (χ2v) is 2.36. The molecule has 0 unspecified atom stereocenters. The minimum Gasteiger partial charge on any atom is -0.255 e. The summed E-state index contributed by atoms with van der Waals surface area (Å²) in [5.74, 6) is 0. The minimum atomic E-state index is 1.07. The highest BCUT2D eigenvalue weighted by Crippen LogP contribution is 1.96. The van der Waals surface area contributed by atoms with Crippen LogP contribution >= 0.6 is 22.6 Å². The zero-order valence-electron chi connectivity index (χ0n) is 4.48. The lowest BCUT2D eigenvalue weighted by Crippen LogP contribution is -2.01. The van der Waals surface area contributed by atoms with Gasteiger partial charge in [-0.25, -0.2) is 0 Å². The van der Waals surface area contributed by atoms with Gasteiger partial charge in [0.05, 0.1) is 0 Å². The van der Waals surface area contributed by atoms with Crippen LogP contribution in [-0.4, -0.2) is 6.54 Å². The maximum atomic E-state index is 3.90. The molecular weight excluding hydrogens is 126 g/mol. The average Bonchev–Trinajstić information content (AvgIpc) is 1.69. The lowest BCUT2D eigenvalue weighted by molar-refractivity contribution is 0.778. The third kappa shape index (κ3) is 6.66. The van der Waals surface area contributed by atoms with Crippen molar-refractivity contribution < 1.29 is 0 Å². The van der Waals surface area contributed by atoms with Gasteiger partial charge in [0.25, 0.3) is 0 Å². The summed E-state index contributed by atoms with van der Waals surface area (Å²) in [6.07, 6.45) is 2.49. The molecule has 0 aliphatic rings. The smallest absolute Gasteiger partial charge is 0.00662 e. The van der Waals surface area contributed by atoms with Crippen LogP contribution < -0.4 is 4.72 Å². The Bertz CT molecular complexity index is 28.9. The van der Waals surface area contributed by atoms with Crippen LogP contribution in [0.4, 0.5) is 0 Å². The van der Waals surface area contributed by atoms with E-state index in [1.54, 1.807) is 0 Å². The van der Waals surface area contributed by atoms with Crippen LogP contribution in [-0.2, 0) is 0 Å². The molecule has 0 rings (SSSR count). The zero-order valence-corrected chi connectivity index (χ0v) is 6.19. The van der Waals surface area contributed by atoms with Crippen molar-refractivity contribution in [1.82, 2.24) is 4.72 Å². The normalized spacial score (nSPS) is 9.43. The summed E-state index contributed by atoms with van der Waals surface area (Å²) in [6, 6.07) is 0. The molecule has 1 nitrogen and oxygen atoms in total. The van der Waals surface area contributed by atoms with Crippen molar-refractivity contribution in [1.29, 1.82) is 0 Å². The van der Waals surface area contributed by atoms with E-state index in [-0.39, 0.29) is 0 Å². The number of hydrogen-bond acceptors (Lipinski definition) is 3. The SMILES string of the molecule is CCCCNSS. The van der Waals surface area contributed by atoms with Gasteiger partial charge in [-0.2, -0.15) is 0 Å². The Morgan fingerprint density at radius 2 is 2.43 bits per heavy atom. The maximum Gasteiger partial charge on any atom is 0.00662 e. The predicted molar refractivity (Wildman–Crippen MR) is 39.5 cm³/mol. The van der Waals surface area contributed by atoms with Gasteiger partial charge < -0.3 is 0 Å². The highest BCUT2D eigenvalue weighted by Gasteiger charge is 1.78. The van der Waals surface area contributed by atoms with Crippen LogP contribution in [0.3, 0.4) is 0 Å². The second-order valence-electron chi connectivity index (χ2n) is 1.34. The molecule has 0 aromatic carbocycles. The van der Waals surface area contributed by atoms with Crippen molar-refractivity contribution in [2.45, 2.75) is 19.8 Å². The van der Waals surface area contributed by atoms with Crippen molar-refractivity contribution in [3.8, 4) is 0 Å². The van der Waals surface area contributed by atoms with E-state index in [9.17, 15) is 0 Å². The topological polar surface area (TPSA) is 12.0 Å². The van der Waals surface area contributed by atoms with E-state index < -0.39 is 0 Å².